The van der Waals surface area contributed by atoms with Crippen LogP contribution in [0.25, 0.3) is 0 Å². The standard InChI is InChI=1S/C7H12N2/c1-5-2-6-3-8-4-7(6)9-5/h6-9H,1-4H2. The van der Waals surface area contributed by atoms with Crippen molar-refractivity contribution in [2.75, 3.05) is 13.1 Å². The molecule has 2 atom stereocenters. The first kappa shape index (κ1) is 5.30. The van der Waals surface area contributed by atoms with Crippen LogP contribution in [0.3, 0.4) is 0 Å². The summed E-state index contributed by atoms with van der Waals surface area (Å²) in [5.41, 5.74) is 1.23. The van der Waals surface area contributed by atoms with Crippen LogP contribution in [0, 0.1) is 5.92 Å². The van der Waals surface area contributed by atoms with Crippen LogP contribution in [-0.4, -0.2) is 19.1 Å². The van der Waals surface area contributed by atoms with Crippen molar-refractivity contribution in [2.45, 2.75) is 12.5 Å². The van der Waals surface area contributed by atoms with Gasteiger partial charge in [0.15, 0.2) is 0 Å². The third-order valence-electron chi connectivity index (χ3n) is 2.24. The van der Waals surface area contributed by atoms with Gasteiger partial charge in [0.05, 0.1) is 0 Å². The predicted octanol–water partition coefficient (Wildman–Crippen LogP) is 0.0814. The Kier molecular flexibility index (Phi) is 1.02. The minimum absolute atomic E-state index is 0.692. The molecule has 0 spiro atoms. The molecule has 0 bridgehead atoms. The average molecular weight is 124 g/mol. The molecule has 0 aromatic heterocycles. The lowest BCUT2D eigenvalue weighted by molar-refractivity contribution is 0.556. The molecule has 2 rings (SSSR count). The fourth-order valence-corrected chi connectivity index (χ4v) is 1.75. The molecule has 2 aliphatic rings. The molecule has 0 aliphatic carbocycles. The summed E-state index contributed by atoms with van der Waals surface area (Å²) in [5, 5.41) is 6.70. The third kappa shape index (κ3) is 0.741. The Balaban J connectivity index is 2.09. The van der Waals surface area contributed by atoms with Crippen molar-refractivity contribution in [3.63, 3.8) is 0 Å². The van der Waals surface area contributed by atoms with E-state index in [0.717, 1.165) is 12.5 Å². The molecule has 50 valence electrons. The summed E-state index contributed by atoms with van der Waals surface area (Å²) < 4.78 is 0. The lowest BCUT2D eigenvalue weighted by Crippen LogP contribution is -2.26. The first-order chi connectivity index (χ1) is 4.36. The summed E-state index contributed by atoms with van der Waals surface area (Å²) in [6, 6.07) is 0.692. The van der Waals surface area contributed by atoms with E-state index in [4.69, 9.17) is 0 Å². The maximum atomic E-state index is 3.90. The SMILES string of the molecule is C=C1CC2CNCC2N1. The number of allylic oxidation sites excluding steroid dienone is 1. The summed E-state index contributed by atoms with van der Waals surface area (Å²) >= 11 is 0. The monoisotopic (exact) mass is 124 g/mol. The molecule has 2 N–H and O–H groups in total. The van der Waals surface area contributed by atoms with Gasteiger partial charge in [-0.1, -0.05) is 6.58 Å². The molecule has 2 heteroatoms. The number of rotatable bonds is 0. The van der Waals surface area contributed by atoms with Crippen molar-refractivity contribution in [1.82, 2.24) is 10.6 Å². The van der Waals surface area contributed by atoms with Gasteiger partial charge in [-0.3, -0.25) is 0 Å². The number of hydrogen-bond donors (Lipinski definition) is 2. The van der Waals surface area contributed by atoms with Crippen LogP contribution in [0.1, 0.15) is 6.42 Å². The molecule has 0 saturated carbocycles. The van der Waals surface area contributed by atoms with Gasteiger partial charge >= 0.3 is 0 Å². The van der Waals surface area contributed by atoms with E-state index in [-0.39, 0.29) is 0 Å². The van der Waals surface area contributed by atoms with Gasteiger partial charge in [0.2, 0.25) is 0 Å². The molecule has 2 aliphatic heterocycles. The highest BCUT2D eigenvalue weighted by Gasteiger charge is 2.32. The highest BCUT2D eigenvalue weighted by Crippen LogP contribution is 2.23. The molecule has 0 aromatic carbocycles. The van der Waals surface area contributed by atoms with Gasteiger partial charge in [-0.2, -0.15) is 0 Å². The van der Waals surface area contributed by atoms with E-state index in [1.807, 2.05) is 0 Å². The molecule has 2 unspecified atom stereocenters. The number of nitrogens with one attached hydrogen (secondary N) is 2. The fourth-order valence-electron chi connectivity index (χ4n) is 1.75. The number of fused-ring (bicyclic) bond motifs is 1. The van der Waals surface area contributed by atoms with E-state index in [1.165, 1.54) is 18.7 Å². The second kappa shape index (κ2) is 1.74. The van der Waals surface area contributed by atoms with E-state index in [0.29, 0.717) is 6.04 Å². The normalized spacial score (nSPS) is 40.7. The molecular formula is C7H12N2. The van der Waals surface area contributed by atoms with Crippen LogP contribution in [-0.2, 0) is 0 Å². The summed E-state index contributed by atoms with van der Waals surface area (Å²) in [5.74, 6) is 0.831. The molecule has 9 heavy (non-hydrogen) atoms. The highest BCUT2D eigenvalue weighted by atomic mass is 15.1. The molecular weight excluding hydrogens is 112 g/mol. The van der Waals surface area contributed by atoms with Gasteiger partial charge < -0.3 is 10.6 Å². The third-order valence-corrected chi connectivity index (χ3v) is 2.24. The first-order valence-corrected chi connectivity index (χ1v) is 3.51. The Morgan fingerprint density at radius 2 is 2.33 bits per heavy atom. The minimum atomic E-state index is 0.692. The lowest BCUT2D eigenvalue weighted by Gasteiger charge is -2.04. The predicted molar refractivity (Wildman–Crippen MR) is 37.0 cm³/mol. The van der Waals surface area contributed by atoms with E-state index >= 15 is 0 Å². The molecule has 0 radical (unpaired) electrons. The number of hydrogen-bond acceptors (Lipinski definition) is 2. The zero-order valence-corrected chi connectivity index (χ0v) is 5.48. The molecule has 2 nitrogen and oxygen atoms in total. The second-order valence-corrected chi connectivity index (χ2v) is 2.98. The summed E-state index contributed by atoms with van der Waals surface area (Å²) in [4.78, 5) is 0. The van der Waals surface area contributed by atoms with Gasteiger partial charge in [0.1, 0.15) is 0 Å². The van der Waals surface area contributed by atoms with Crippen LogP contribution < -0.4 is 10.6 Å². The van der Waals surface area contributed by atoms with Crippen molar-refractivity contribution in [3.05, 3.63) is 12.3 Å². The Morgan fingerprint density at radius 1 is 1.44 bits per heavy atom. The van der Waals surface area contributed by atoms with Crippen LogP contribution in [0.2, 0.25) is 0 Å². The van der Waals surface area contributed by atoms with E-state index in [2.05, 4.69) is 17.2 Å². The zero-order chi connectivity index (χ0) is 6.27. The Bertz CT molecular complexity index is 128. The van der Waals surface area contributed by atoms with Gasteiger partial charge in [-0.25, -0.2) is 0 Å². The van der Waals surface area contributed by atoms with Crippen molar-refractivity contribution in [2.24, 2.45) is 5.92 Å². The van der Waals surface area contributed by atoms with Crippen LogP contribution in [0.4, 0.5) is 0 Å². The molecule has 0 amide bonds. The van der Waals surface area contributed by atoms with Gasteiger partial charge in [-0.15, -0.1) is 0 Å². The summed E-state index contributed by atoms with van der Waals surface area (Å²) in [7, 11) is 0. The molecule has 2 saturated heterocycles. The van der Waals surface area contributed by atoms with Crippen molar-refractivity contribution in [1.29, 1.82) is 0 Å². The van der Waals surface area contributed by atoms with Gasteiger partial charge in [-0.05, 0) is 12.3 Å². The van der Waals surface area contributed by atoms with Crippen molar-refractivity contribution in [3.8, 4) is 0 Å². The van der Waals surface area contributed by atoms with E-state index < -0.39 is 0 Å². The maximum absolute atomic E-state index is 3.90. The summed E-state index contributed by atoms with van der Waals surface area (Å²) in [6.45, 7) is 6.20. The Labute approximate surface area is 55.3 Å². The zero-order valence-electron chi connectivity index (χ0n) is 5.48. The quantitative estimate of drug-likeness (QED) is 0.478. The van der Waals surface area contributed by atoms with Crippen LogP contribution in [0.5, 0.6) is 0 Å². The van der Waals surface area contributed by atoms with Crippen molar-refractivity contribution >= 4 is 0 Å². The highest BCUT2D eigenvalue weighted by molar-refractivity contribution is 5.09. The maximum Gasteiger partial charge on any atom is 0.0426 e. The molecule has 2 heterocycles. The van der Waals surface area contributed by atoms with Crippen LogP contribution in [0.15, 0.2) is 12.3 Å². The first-order valence-electron chi connectivity index (χ1n) is 3.51. The molecule has 0 aromatic rings. The van der Waals surface area contributed by atoms with E-state index in [1.54, 1.807) is 0 Å². The van der Waals surface area contributed by atoms with Gasteiger partial charge in [0.25, 0.3) is 0 Å². The second-order valence-electron chi connectivity index (χ2n) is 2.98. The average Bonchev–Trinajstić information content (AvgIpc) is 2.22. The fraction of sp³-hybridized carbons (Fsp3) is 0.714. The Hall–Kier alpha value is -0.500. The smallest absolute Gasteiger partial charge is 0.0426 e. The van der Waals surface area contributed by atoms with Crippen molar-refractivity contribution < 1.29 is 0 Å². The van der Waals surface area contributed by atoms with Gasteiger partial charge in [0, 0.05) is 24.8 Å². The molecule has 2 fully saturated rings. The van der Waals surface area contributed by atoms with E-state index in [9.17, 15) is 0 Å². The Morgan fingerprint density at radius 3 is 3.11 bits per heavy atom. The topological polar surface area (TPSA) is 24.1 Å². The summed E-state index contributed by atoms with van der Waals surface area (Å²) in [6.07, 6.45) is 1.18. The van der Waals surface area contributed by atoms with Crippen LogP contribution >= 0.6 is 0 Å². The largest absolute Gasteiger partial charge is 0.384 e. The minimum Gasteiger partial charge on any atom is -0.384 e. The lowest BCUT2D eigenvalue weighted by atomic mass is 10.1.